The van der Waals surface area contributed by atoms with Crippen LogP contribution in [0.4, 0.5) is 17.1 Å². The van der Waals surface area contributed by atoms with Gasteiger partial charge in [-0.15, -0.1) is 0 Å². The number of rotatable bonds is 21. The maximum atomic E-state index is 11.7. The highest BCUT2D eigenvalue weighted by atomic mass is 16.6. The molecule has 2 N–H and O–H groups in total. The summed E-state index contributed by atoms with van der Waals surface area (Å²) in [5.41, 5.74) is 1.45. The molecule has 0 aromatic heterocycles. The molecule has 0 aliphatic heterocycles. The molecular formula is C26H47N3O2. The summed E-state index contributed by atoms with van der Waals surface area (Å²) in [7, 11) is 0. The van der Waals surface area contributed by atoms with Gasteiger partial charge in [0, 0.05) is 13.1 Å². The van der Waals surface area contributed by atoms with E-state index in [-0.39, 0.29) is 10.6 Å². The van der Waals surface area contributed by atoms with Crippen molar-refractivity contribution in [2.45, 2.75) is 117 Å². The van der Waals surface area contributed by atoms with Gasteiger partial charge in [-0.3, -0.25) is 10.1 Å². The predicted molar refractivity (Wildman–Crippen MR) is 135 cm³/mol. The lowest BCUT2D eigenvalue weighted by Crippen LogP contribution is -2.08. The minimum Gasteiger partial charge on any atom is -0.379 e. The Labute approximate surface area is 190 Å². The minimum absolute atomic E-state index is 0.182. The molecule has 1 rings (SSSR count). The van der Waals surface area contributed by atoms with Gasteiger partial charge in [0.15, 0.2) is 0 Å². The van der Waals surface area contributed by atoms with Crippen LogP contribution in [0.15, 0.2) is 18.2 Å². The lowest BCUT2D eigenvalue weighted by molar-refractivity contribution is -0.383. The van der Waals surface area contributed by atoms with E-state index >= 15 is 0 Å². The van der Waals surface area contributed by atoms with Crippen LogP contribution in [0, 0.1) is 10.1 Å². The van der Waals surface area contributed by atoms with Gasteiger partial charge in [0.05, 0.1) is 4.92 Å². The number of nitro benzene ring substituents is 1. The fourth-order valence-corrected chi connectivity index (χ4v) is 3.99. The zero-order chi connectivity index (χ0) is 22.6. The third kappa shape index (κ3) is 13.3. The average molecular weight is 434 g/mol. The van der Waals surface area contributed by atoms with Gasteiger partial charge >= 0.3 is 5.69 Å². The van der Waals surface area contributed by atoms with E-state index in [1.54, 1.807) is 0 Å². The van der Waals surface area contributed by atoms with Gasteiger partial charge in [0.1, 0.15) is 11.4 Å². The number of hydrogen-bond donors (Lipinski definition) is 2. The van der Waals surface area contributed by atoms with E-state index in [4.69, 9.17) is 0 Å². The lowest BCUT2D eigenvalue weighted by atomic mass is 10.1. The smallest absolute Gasteiger partial charge is 0.315 e. The molecule has 1 aromatic carbocycles. The number of nitrogens with zero attached hydrogens (tertiary/aromatic N) is 1. The molecule has 0 aliphatic carbocycles. The van der Waals surface area contributed by atoms with E-state index in [1.807, 2.05) is 18.2 Å². The standard InChI is InChI=1S/C26H47N3O2/c1-3-5-7-9-11-13-15-17-22-27-24-20-19-21-25(26(24)29(30)31)28-23-18-16-14-12-10-8-6-4-2/h19-21,27-28H,3-18,22-23H2,1-2H3. The molecule has 0 bridgehead atoms. The fraction of sp³-hybridized carbons (Fsp3) is 0.769. The molecule has 0 radical (unpaired) electrons. The van der Waals surface area contributed by atoms with Gasteiger partial charge in [0.2, 0.25) is 0 Å². The van der Waals surface area contributed by atoms with Crippen molar-refractivity contribution in [2.24, 2.45) is 0 Å². The van der Waals surface area contributed by atoms with Crippen LogP contribution in [0.25, 0.3) is 0 Å². The van der Waals surface area contributed by atoms with Crippen LogP contribution in [0.2, 0.25) is 0 Å². The molecule has 0 heterocycles. The average Bonchev–Trinajstić information content (AvgIpc) is 2.76. The van der Waals surface area contributed by atoms with Crippen molar-refractivity contribution in [3.05, 3.63) is 28.3 Å². The Kier molecular flexibility index (Phi) is 16.7. The summed E-state index contributed by atoms with van der Waals surface area (Å²) in [6, 6.07) is 5.55. The highest BCUT2D eigenvalue weighted by molar-refractivity contribution is 5.76. The second-order valence-electron chi connectivity index (χ2n) is 8.76. The van der Waals surface area contributed by atoms with Gasteiger partial charge in [-0.05, 0) is 25.0 Å². The second-order valence-corrected chi connectivity index (χ2v) is 8.76. The number of nitro groups is 1. The van der Waals surface area contributed by atoms with Crippen LogP contribution in [-0.2, 0) is 0 Å². The summed E-state index contributed by atoms with van der Waals surface area (Å²) in [5, 5.41) is 18.3. The first-order valence-electron chi connectivity index (χ1n) is 13.0. The van der Waals surface area contributed by atoms with E-state index in [2.05, 4.69) is 24.5 Å². The van der Waals surface area contributed by atoms with E-state index in [0.29, 0.717) is 11.4 Å². The van der Waals surface area contributed by atoms with Gasteiger partial charge in [-0.2, -0.15) is 0 Å². The van der Waals surface area contributed by atoms with Crippen LogP contribution < -0.4 is 10.6 Å². The summed E-state index contributed by atoms with van der Waals surface area (Å²) in [6.45, 7) is 6.06. The second kappa shape index (κ2) is 18.9. The van der Waals surface area contributed by atoms with Gasteiger partial charge in [-0.25, -0.2) is 0 Å². The number of hydrogen-bond acceptors (Lipinski definition) is 4. The highest BCUT2D eigenvalue weighted by Crippen LogP contribution is 2.33. The molecule has 178 valence electrons. The van der Waals surface area contributed by atoms with E-state index in [9.17, 15) is 10.1 Å². The first-order chi connectivity index (χ1) is 15.2. The monoisotopic (exact) mass is 433 g/mol. The Bertz CT molecular complexity index is 538. The minimum atomic E-state index is -0.258. The van der Waals surface area contributed by atoms with Crippen molar-refractivity contribution < 1.29 is 4.92 Å². The molecular weight excluding hydrogens is 386 g/mol. The lowest BCUT2D eigenvalue weighted by Gasteiger charge is -2.12. The van der Waals surface area contributed by atoms with Crippen LogP contribution >= 0.6 is 0 Å². The zero-order valence-electron chi connectivity index (χ0n) is 20.2. The molecule has 0 fully saturated rings. The molecule has 0 unspecified atom stereocenters. The Morgan fingerprint density at radius 2 is 1.00 bits per heavy atom. The fourth-order valence-electron chi connectivity index (χ4n) is 3.99. The highest BCUT2D eigenvalue weighted by Gasteiger charge is 2.19. The predicted octanol–water partition coefficient (Wildman–Crippen LogP) is 8.70. The Morgan fingerprint density at radius 3 is 1.35 bits per heavy atom. The Hall–Kier alpha value is -1.78. The summed E-state index contributed by atoms with van der Waals surface area (Å²) in [6.07, 6.45) is 20.2. The number of benzene rings is 1. The largest absolute Gasteiger partial charge is 0.379 e. The molecule has 0 spiro atoms. The van der Waals surface area contributed by atoms with E-state index in [0.717, 1.165) is 25.9 Å². The van der Waals surface area contributed by atoms with Crippen LogP contribution in [0.3, 0.4) is 0 Å². The van der Waals surface area contributed by atoms with Crippen LogP contribution in [-0.4, -0.2) is 18.0 Å². The van der Waals surface area contributed by atoms with Gasteiger partial charge in [0.25, 0.3) is 0 Å². The Morgan fingerprint density at radius 1 is 0.645 bits per heavy atom. The molecule has 0 saturated carbocycles. The Balaban J connectivity index is 2.30. The van der Waals surface area contributed by atoms with Gasteiger partial charge in [-0.1, -0.05) is 110 Å². The van der Waals surface area contributed by atoms with Crippen molar-refractivity contribution >= 4 is 17.1 Å². The normalized spacial score (nSPS) is 10.9. The molecule has 1 aromatic rings. The SMILES string of the molecule is CCCCCCCCCCNc1cccc(NCCCCCCCCCC)c1[N+](=O)[O-]. The van der Waals surface area contributed by atoms with E-state index < -0.39 is 0 Å². The third-order valence-electron chi connectivity index (χ3n) is 5.91. The summed E-state index contributed by atoms with van der Waals surface area (Å²) in [5.74, 6) is 0. The van der Waals surface area contributed by atoms with Crippen molar-refractivity contribution in [1.82, 2.24) is 0 Å². The third-order valence-corrected chi connectivity index (χ3v) is 5.91. The molecule has 0 saturated heterocycles. The quantitative estimate of drug-likeness (QED) is 0.116. The molecule has 0 aliphatic rings. The van der Waals surface area contributed by atoms with Crippen LogP contribution in [0.1, 0.15) is 117 Å². The topological polar surface area (TPSA) is 67.2 Å². The zero-order valence-corrected chi connectivity index (χ0v) is 20.2. The van der Waals surface area contributed by atoms with Crippen molar-refractivity contribution in [3.63, 3.8) is 0 Å². The maximum Gasteiger partial charge on any atom is 0.315 e. The van der Waals surface area contributed by atoms with Crippen molar-refractivity contribution in [2.75, 3.05) is 23.7 Å². The summed E-state index contributed by atoms with van der Waals surface area (Å²) >= 11 is 0. The number of anilines is 2. The van der Waals surface area contributed by atoms with Crippen molar-refractivity contribution in [1.29, 1.82) is 0 Å². The first-order valence-corrected chi connectivity index (χ1v) is 13.0. The summed E-state index contributed by atoms with van der Waals surface area (Å²) in [4.78, 5) is 11.4. The van der Waals surface area contributed by atoms with E-state index in [1.165, 1.54) is 89.9 Å². The number of nitrogens with one attached hydrogen (secondary N) is 2. The van der Waals surface area contributed by atoms with Crippen molar-refractivity contribution in [3.8, 4) is 0 Å². The number of para-hydroxylation sites is 1. The molecule has 5 nitrogen and oxygen atoms in total. The molecule has 5 heteroatoms. The first kappa shape index (κ1) is 27.3. The summed E-state index contributed by atoms with van der Waals surface area (Å²) < 4.78 is 0. The van der Waals surface area contributed by atoms with Crippen LogP contribution in [0.5, 0.6) is 0 Å². The molecule has 0 amide bonds. The maximum absolute atomic E-state index is 11.7. The number of unbranched alkanes of at least 4 members (excludes halogenated alkanes) is 14. The molecule has 31 heavy (non-hydrogen) atoms. The molecule has 0 atom stereocenters. The van der Waals surface area contributed by atoms with Gasteiger partial charge < -0.3 is 10.6 Å².